The van der Waals surface area contributed by atoms with E-state index in [9.17, 15) is 29.4 Å². The van der Waals surface area contributed by atoms with Crippen LogP contribution in [0.25, 0.3) is 0 Å². The summed E-state index contributed by atoms with van der Waals surface area (Å²) in [6.45, 7) is 0. The number of H-pyrrole nitrogens is 1. The summed E-state index contributed by atoms with van der Waals surface area (Å²) in [5.74, 6) is -4.47. The lowest BCUT2D eigenvalue weighted by atomic mass is 10.0. The van der Waals surface area contributed by atoms with Crippen molar-refractivity contribution in [1.82, 2.24) is 20.6 Å². The van der Waals surface area contributed by atoms with Crippen molar-refractivity contribution >= 4 is 23.8 Å². The fourth-order valence-corrected chi connectivity index (χ4v) is 2.73. The second kappa shape index (κ2) is 10.7. The van der Waals surface area contributed by atoms with E-state index < -0.39 is 48.3 Å². The van der Waals surface area contributed by atoms with Crippen LogP contribution in [0.5, 0.6) is 5.75 Å². The Morgan fingerprint density at radius 3 is 2.19 bits per heavy atom. The number of phenolic OH excluding ortho intramolecular Hbond substituents is 1. The molecule has 0 aliphatic heterocycles. The summed E-state index contributed by atoms with van der Waals surface area (Å²) >= 11 is 0. The van der Waals surface area contributed by atoms with E-state index in [4.69, 9.17) is 10.8 Å². The topological polar surface area (TPSA) is 208 Å². The molecule has 12 nitrogen and oxygen atoms in total. The van der Waals surface area contributed by atoms with Gasteiger partial charge in [0.05, 0.1) is 18.8 Å². The average molecular weight is 433 g/mol. The molecule has 0 aliphatic rings. The van der Waals surface area contributed by atoms with Gasteiger partial charge in [-0.05, 0) is 17.7 Å². The summed E-state index contributed by atoms with van der Waals surface area (Å²) in [7, 11) is 0. The zero-order valence-corrected chi connectivity index (χ0v) is 16.3. The van der Waals surface area contributed by atoms with E-state index in [1.54, 1.807) is 0 Å². The SMILES string of the molecule is NC(Cc1cnc[nH]1)C(=O)NC(CC(=O)O)C(=O)NC(Cc1ccc(O)cc1)C(=O)O. The maximum atomic E-state index is 12.6. The van der Waals surface area contributed by atoms with Crippen LogP contribution >= 0.6 is 0 Å². The fraction of sp³-hybridized carbons (Fsp3) is 0.316. The highest BCUT2D eigenvalue weighted by Gasteiger charge is 2.30. The minimum Gasteiger partial charge on any atom is -0.508 e. The molecule has 0 radical (unpaired) electrons. The van der Waals surface area contributed by atoms with E-state index in [0.717, 1.165) is 0 Å². The van der Waals surface area contributed by atoms with Crippen LogP contribution in [0.15, 0.2) is 36.8 Å². The number of hydrogen-bond acceptors (Lipinski definition) is 7. The van der Waals surface area contributed by atoms with Crippen LogP contribution < -0.4 is 16.4 Å². The number of aromatic nitrogens is 2. The summed E-state index contributed by atoms with van der Waals surface area (Å²) in [6, 6.07) is 1.71. The van der Waals surface area contributed by atoms with Crippen molar-refractivity contribution in [3.05, 3.63) is 48.0 Å². The van der Waals surface area contributed by atoms with E-state index in [2.05, 4.69) is 20.6 Å². The Labute approximate surface area is 176 Å². The number of carbonyl (C=O) groups is 4. The van der Waals surface area contributed by atoms with Gasteiger partial charge in [0.15, 0.2) is 0 Å². The maximum Gasteiger partial charge on any atom is 0.326 e. The quantitative estimate of drug-likeness (QED) is 0.226. The summed E-state index contributed by atoms with van der Waals surface area (Å²) < 4.78 is 0. The highest BCUT2D eigenvalue weighted by Crippen LogP contribution is 2.12. The molecule has 0 bridgehead atoms. The number of benzene rings is 1. The number of aliphatic carboxylic acids is 2. The predicted molar refractivity (Wildman–Crippen MR) is 106 cm³/mol. The summed E-state index contributed by atoms with van der Waals surface area (Å²) in [6.07, 6.45) is 2.07. The number of hydrogen-bond donors (Lipinski definition) is 7. The standard InChI is InChI=1S/C19H23N5O7/c20-13(6-11-8-21-9-22-11)17(28)23-14(7-16(26)27)18(29)24-15(19(30)31)5-10-1-3-12(25)4-2-10/h1-4,8-9,13-15,25H,5-7,20H2,(H,21,22)(H,23,28)(H,24,29)(H,26,27)(H,30,31). The zero-order chi connectivity index (χ0) is 23.0. The van der Waals surface area contributed by atoms with Crippen LogP contribution in [0, 0.1) is 0 Å². The van der Waals surface area contributed by atoms with Gasteiger partial charge in [0.25, 0.3) is 0 Å². The third kappa shape index (κ3) is 7.44. The van der Waals surface area contributed by atoms with Gasteiger partial charge in [0, 0.05) is 24.7 Å². The molecular formula is C19H23N5O7. The second-order valence-electron chi connectivity index (χ2n) is 6.82. The molecule has 3 atom stereocenters. The molecule has 2 rings (SSSR count). The highest BCUT2D eigenvalue weighted by atomic mass is 16.4. The number of imidazole rings is 1. The van der Waals surface area contributed by atoms with Crippen LogP contribution in [-0.2, 0) is 32.0 Å². The predicted octanol–water partition coefficient (Wildman–Crippen LogP) is -1.24. The molecule has 3 unspecified atom stereocenters. The molecule has 1 aromatic carbocycles. The van der Waals surface area contributed by atoms with Crippen molar-refractivity contribution in [1.29, 1.82) is 0 Å². The van der Waals surface area contributed by atoms with Crippen LogP contribution in [0.3, 0.4) is 0 Å². The van der Waals surface area contributed by atoms with Crippen molar-refractivity contribution in [3.8, 4) is 5.75 Å². The number of carbonyl (C=O) groups excluding carboxylic acids is 2. The van der Waals surface area contributed by atoms with E-state index in [0.29, 0.717) is 11.3 Å². The number of nitrogens with two attached hydrogens (primary N) is 1. The van der Waals surface area contributed by atoms with Crippen LogP contribution in [-0.4, -0.2) is 67.2 Å². The number of aromatic hydroxyl groups is 1. The van der Waals surface area contributed by atoms with Gasteiger partial charge in [0.1, 0.15) is 17.8 Å². The molecule has 0 aliphatic carbocycles. The Kier molecular flexibility index (Phi) is 8.09. The molecule has 31 heavy (non-hydrogen) atoms. The number of nitrogens with one attached hydrogen (secondary N) is 3. The van der Waals surface area contributed by atoms with Gasteiger partial charge in [-0.25, -0.2) is 9.78 Å². The molecular weight excluding hydrogens is 410 g/mol. The van der Waals surface area contributed by atoms with Gasteiger partial charge >= 0.3 is 11.9 Å². The minimum atomic E-state index is -1.53. The van der Waals surface area contributed by atoms with Crippen LogP contribution in [0.1, 0.15) is 17.7 Å². The maximum absolute atomic E-state index is 12.6. The van der Waals surface area contributed by atoms with Gasteiger partial charge in [-0.3, -0.25) is 14.4 Å². The normalized spacial score (nSPS) is 13.6. The molecule has 2 aromatic rings. The number of phenols is 1. The van der Waals surface area contributed by atoms with Gasteiger partial charge in [-0.1, -0.05) is 12.1 Å². The van der Waals surface area contributed by atoms with E-state index in [-0.39, 0.29) is 18.6 Å². The Bertz CT molecular complexity index is 914. The van der Waals surface area contributed by atoms with Crippen molar-refractivity contribution in [2.24, 2.45) is 5.73 Å². The van der Waals surface area contributed by atoms with Crippen LogP contribution in [0.4, 0.5) is 0 Å². The van der Waals surface area contributed by atoms with Gasteiger partial charge in [0.2, 0.25) is 11.8 Å². The van der Waals surface area contributed by atoms with E-state index >= 15 is 0 Å². The minimum absolute atomic E-state index is 0.00429. The number of carboxylic acid groups (broad SMARTS) is 2. The number of aromatic amines is 1. The molecule has 1 heterocycles. The molecule has 0 saturated carbocycles. The molecule has 0 fully saturated rings. The van der Waals surface area contributed by atoms with Crippen molar-refractivity contribution in [2.45, 2.75) is 37.4 Å². The third-order valence-corrected chi connectivity index (χ3v) is 4.33. The lowest BCUT2D eigenvalue weighted by Crippen LogP contribution is -2.55. The third-order valence-electron chi connectivity index (χ3n) is 4.33. The average Bonchev–Trinajstić information content (AvgIpc) is 3.21. The van der Waals surface area contributed by atoms with Crippen molar-refractivity contribution in [3.63, 3.8) is 0 Å². The first-order valence-electron chi connectivity index (χ1n) is 9.21. The smallest absolute Gasteiger partial charge is 0.326 e. The summed E-state index contributed by atoms with van der Waals surface area (Å²) in [5.41, 5.74) is 6.89. The zero-order valence-electron chi connectivity index (χ0n) is 16.3. The molecule has 0 spiro atoms. The lowest BCUT2D eigenvalue weighted by molar-refractivity contribution is -0.143. The van der Waals surface area contributed by atoms with Crippen molar-refractivity contribution in [2.75, 3.05) is 0 Å². The molecule has 166 valence electrons. The Morgan fingerprint density at radius 2 is 1.65 bits per heavy atom. The number of amides is 2. The van der Waals surface area contributed by atoms with Gasteiger partial charge in [-0.15, -0.1) is 0 Å². The molecule has 0 saturated heterocycles. The first-order valence-corrected chi connectivity index (χ1v) is 9.21. The first kappa shape index (κ1) is 23.3. The molecule has 8 N–H and O–H groups in total. The monoisotopic (exact) mass is 433 g/mol. The lowest BCUT2D eigenvalue weighted by Gasteiger charge is -2.22. The molecule has 1 aromatic heterocycles. The van der Waals surface area contributed by atoms with Crippen molar-refractivity contribution < 1.29 is 34.5 Å². The second-order valence-corrected chi connectivity index (χ2v) is 6.82. The molecule has 2 amide bonds. The first-order chi connectivity index (χ1) is 14.7. The molecule has 12 heteroatoms. The number of nitrogens with zero attached hydrogens (tertiary/aromatic N) is 1. The van der Waals surface area contributed by atoms with Gasteiger partial charge in [-0.2, -0.15) is 0 Å². The van der Waals surface area contributed by atoms with Gasteiger partial charge < -0.3 is 36.7 Å². The summed E-state index contributed by atoms with van der Waals surface area (Å²) in [4.78, 5) is 54.2. The van der Waals surface area contributed by atoms with Crippen LogP contribution in [0.2, 0.25) is 0 Å². The van der Waals surface area contributed by atoms with E-state index in [1.165, 1.54) is 36.8 Å². The van der Waals surface area contributed by atoms with E-state index in [1.807, 2.05) is 0 Å². The largest absolute Gasteiger partial charge is 0.508 e. The Hall–Kier alpha value is -3.93. The fourth-order valence-electron chi connectivity index (χ4n) is 2.73. The Balaban J connectivity index is 2.05. The summed E-state index contributed by atoms with van der Waals surface area (Å²) in [5, 5.41) is 32.3. The number of carboxylic acids is 2. The number of rotatable bonds is 11. The Morgan fingerprint density at radius 1 is 1.00 bits per heavy atom. The highest BCUT2D eigenvalue weighted by molar-refractivity contribution is 5.94.